The summed E-state index contributed by atoms with van der Waals surface area (Å²) in [6, 6.07) is 1.95. The van der Waals surface area contributed by atoms with E-state index in [1.54, 1.807) is 4.90 Å². The molecule has 4 heterocycles. The molecule has 4 amide bonds. The van der Waals surface area contributed by atoms with Crippen LogP contribution in [0, 0.1) is 0 Å². The number of likely N-dealkylation sites (tertiary alicyclic amines) is 1. The maximum absolute atomic E-state index is 13.1. The number of likely N-dealkylation sites (N-methyl/N-ethyl adjacent to an activating group) is 1. The molecule has 3 N–H and O–H groups in total. The first kappa shape index (κ1) is 25.0. The van der Waals surface area contributed by atoms with E-state index in [2.05, 4.69) is 30.8 Å². The van der Waals surface area contributed by atoms with Crippen molar-refractivity contribution in [3.63, 3.8) is 0 Å². The Labute approximate surface area is 211 Å². The number of aromatic nitrogens is 2. The molecular formula is C22H26ClN7O4S. The summed E-state index contributed by atoms with van der Waals surface area (Å²) < 4.78 is 0. The number of halogens is 1. The number of nitrogens with one attached hydrogen (secondary N) is 3. The predicted octanol–water partition coefficient (Wildman–Crippen LogP) is 0.655. The van der Waals surface area contributed by atoms with Crippen LogP contribution in [0.3, 0.4) is 0 Å². The third-order valence-electron chi connectivity index (χ3n) is 5.78. The quantitative estimate of drug-likeness (QED) is 0.477. The van der Waals surface area contributed by atoms with Crippen molar-refractivity contribution in [2.24, 2.45) is 0 Å². The number of rotatable bonds is 6. The van der Waals surface area contributed by atoms with Crippen molar-refractivity contribution in [1.29, 1.82) is 0 Å². The molecule has 35 heavy (non-hydrogen) atoms. The third-order valence-corrected chi connectivity index (χ3v) is 7.08. The molecule has 1 unspecified atom stereocenters. The lowest BCUT2D eigenvalue weighted by Gasteiger charge is -2.24. The number of hydrogen-bond acceptors (Lipinski definition) is 8. The summed E-state index contributed by atoms with van der Waals surface area (Å²) in [5.41, 5.74) is 0.904. The van der Waals surface area contributed by atoms with Gasteiger partial charge in [-0.2, -0.15) is 0 Å². The Morgan fingerprint density at radius 1 is 1.14 bits per heavy atom. The summed E-state index contributed by atoms with van der Waals surface area (Å²) in [6.07, 6.45) is 3.85. The molecule has 2 aliphatic heterocycles. The number of carbonyl (C=O) groups excluding carboxylic acids is 4. The summed E-state index contributed by atoms with van der Waals surface area (Å²) in [7, 11) is 2.01. The van der Waals surface area contributed by atoms with Crippen molar-refractivity contribution >= 4 is 52.4 Å². The number of carbonyl (C=O) groups is 4. The molecule has 2 aliphatic rings. The molecule has 186 valence electrons. The molecule has 1 atom stereocenters. The van der Waals surface area contributed by atoms with Gasteiger partial charge in [-0.1, -0.05) is 11.6 Å². The lowest BCUT2D eigenvalue weighted by Crippen LogP contribution is -2.54. The molecule has 0 bridgehead atoms. The van der Waals surface area contributed by atoms with Crippen LogP contribution in [0.1, 0.15) is 33.2 Å². The predicted molar refractivity (Wildman–Crippen MR) is 130 cm³/mol. The highest BCUT2D eigenvalue weighted by Gasteiger charge is 2.31. The lowest BCUT2D eigenvalue weighted by molar-refractivity contribution is -0.137. The number of amides is 4. The van der Waals surface area contributed by atoms with E-state index in [0.29, 0.717) is 18.1 Å². The number of anilines is 1. The van der Waals surface area contributed by atoms with E-state index in [1.165, 1.54) is 29.7 Å². The normalized spacial score (nSPS) is 16.3. The summed E-state index contributed by atoms with van der Waals surface area (Å²) in [5.74, 6) is -2.53. The van der Waals surface area contributed by atoms with Gasteiger partial charge in [0.1, 0.15) is 11.9 Å². The van der Waals surface area contributed by atoms with Gasteiger partial charge in [-0.3, -0.25) is 19.2 Å². The number of pyridine rings is 1. The van der Waals surface area contributed by atoms with Gasteiger partial charge in [-0.05, 0) is 32.0 Å². The Morgan fingerprint density at radius 3 is 2.63 bits per heavy atom. The maximum Gasteiger partial charge on any atom is 0.314 e. The molecule has 0 aliphatic carbocycles. The third kappa shape index (κ3) is 6.32. The Bertz CT molecular complexity index is 1120. The highest BCUT2D eigenvalue weighted by atomic mass is 35.5. The molecule has 1 fully saturated rings. The molecule has 2 aromatic heterocycles. The van der Waals surface area contributed by atoms with Gasteiger partial charge in [-0.15, -0.1) is 11.3 Å². The van der Waals surface area contributed by atoms with Crippen LogP contribution in [-0.2, 0) is 27.3 Å². The van der Waals surface area contributed by atoms with Crippen molar-refractivity contribution in [2.45, 2.75) is 31.8 Å². The Kier molecular flexibility index (Phi) is 7.93. The highest BCUT2D eigenvalue weighted by molar-refractivity contribution is 7.13. The number of thiazole rings is 1. The zero-order chi connectivity index (χ0) is 24.9. The van der Waals surface area contributed by atoms with Crippen LogP contribution < -0.4 is 16.0 Å². The second kappa shape index (κ2) is 11.1. The zero-order valence-electron chi connectivity index (χ0n) is 19.2. The monoisotopic (exact) mass is 519 g/mol. The van der Waals surface area contributed by atoms with Crippen molar-refractivity contribution < 1.29 is 19.2 Å². The van der Waals surface area contributed by atoms with Crippen molar-refractivity contribution in [3.8, 4) is 0 Å². The van der Waals surface area contributed by atoms with Crippen molar-refractivity contribution in [1.82, 2.24) is 30.4 Å². The van der Waals surface area contributed by atoms with Crippen LogP contribution in [0.5, 0.6) is 0 Å². The van der Waals surface area contributed by atoms with Gasteiger partial charge < -0.3 is 25.8 Å². The fourth-order valence-electron chi connectivity index (χ4n) is 3.90. The lowest BCUT2D eigenvalue weighted by atomic mass is 10.2. The van der Waals surface area contributed by atoms with Gasteiger partial charge in [-0.25, -0.2) is 9.97 Å². The van der Waals surface area contributed by atoms with Crippen LogP contribution in [-0.4, -0.2) is 82.7 Å². The summed E-state index contributed by atoms with van der Waals surface area (Å²) >= 11 is 7.08. The molecule has 0 aromatic carbocycles. The molecule has 0 radical (unpaired) electrons. The molecule has 0 spiro atoms. The van der Waals surface area contributed by atoms with Crippen LogP contribution >= 0.6 is 22.9 Å². The minimum absolute atomic E-state index is 0.158. The smallest absolute Gasteiger partial charge is 0.314 e. The standard InChI is InChI=1S/C22H26ClN7O4S/c1-29-9-6-14-16(12-29)35-21(27-14)20(33)26-15(22(34)30-7-2-3-8-30)11-25-18(31)19(32)28-17-5-4-13(23)10-24-17/h4-5,10,15H,2-3,6-9,11-12H2,1H3,(H,25,31)(H,26,33)(H,24,28,32). The maximum atomic E-state index is 13.1. The van der Waals surface area contributed by atoms with E-state index in [1.807, 2.05) is 7.05 Å². The fourth-order valence-corrected chi connectivity index (χ4v) is 5.10. The molecule has 11 nitrogen and oxygen atoms in total. The van der Waals surface area contributed by atoms with Gasteiger partial charge in [0.05, 0.1) is 10.7 Å². The molecule has 4 rings (SSSR count). The minimum atomic E-state index is -1.03. The van der Waals surface area contributed by atoms with Gasteiger partial charge in [0, 0.05) is 50.2 Å². The molecule has 13 heteroatoms. The first-order chi connectivity index (χ1) is 16.8. The fraction of sp³-hybridized carbons (Fsp3) is 0.455. The number of hydrogen-bond donors (Lipinski definition) is 3. The zero-order valence-corrected chi connectivity index (χ0v) is 20.7. The van der Waals surface area contributed by atoms with Gasteiger partial charge in [0.25, 0.3) is 5.91 Å². The minimum Gasteiger partial charge on any atom is -0.345 e. The second-order valence-corrected chi connectivity index (χ2v) is 9.98. The topological polar surface area (TPSA) is 137 Å². The Hall–Kier alpha value is -3.09. The largest absolute Gasteiger partial charge is 0.345 e. The van der Waals surface area contributed by atoms with Crippen LogP contribution in [0.2, 0.25) is 5.02 Å². The number of fused-ring (bicyclic) bond motifs is 1. The van der Waals surface area contributed by atoms with Gasteiger partial charge >= 0.3 is 11.8 Å². The van der Waals surface area contributed by atoms with Crippen LogP contribution in [0.4, 0.5) is 5.82 Å². The number of nitrogens with zero attached hydrogens (tertiary/aromatic N) is 4. The summed E-state index contributed by atoms with van der Waals surface area (Å²) in [6.45, 7) is 2.52. The average molecular weight is 520 g/mol. The Morgan fingerprint density at radius 2 is 1.91 bits per heavy atom. The summed E-state index contributed by atoms with van der Waals surface area (Å²) in [5, 5.41) is 8.18. The molecule has 2 aromatic rings. The van der Waals surface area contributed by atoms with E-state index in [0.717, 1.165) is 42.9 Å². The van der Waals surface area contributed by atoms with Crippen molar-refractivity contribution in [2.75, 3.05) is 38.5 Å². The first-order valence-corrected chi connectivity index (χ1v) is 12.5. The van der Waals surface area contributed by atoms with E-state index in [4.69, 9.17) is 11.6 Å². The van der Waals surface area contributed by atoms with Crippen LogP contribution in [0.15, 0.2) is 18.3 Å². The van der Waals surface area contributed by atoms with E-state index < -0.39 is 23.8 Å². The molecule has 0 saturated carbocycles. The van der Waals surface area contributed by atoms with Gasteiger partial charge in [0.15, 0.2) is 5.01 Å². The Balaban J connectivity index is 1.40. The highest BCUT2D eigenvalue weighted by Crippen LogP contribution is 2.24. The second-order valence-electron chi connectivity index (χ2n) is 8.46. The van der Waals surface area contributed by atoms with E-state index in [-0.39, 0.29) is 23.3 Å². The van der Waals surface area contributed by atoms with Crippen molar-refractivity contribution in [3.05, 3.63) is 38.9 Å². The SMILES string of the molecule is CN1CCc2nc(C(=O)NC(CNC(=O)C(=O)Nc3ccc(Cl)cn3)C(=O)N3CCCC3)sc2C1. The molecule has 1 saturated heterocycles. The van der Waals surface area contributed by atoms with E-state index >= 15 is 0 Å². The first-order valence-electron chi connectivity index (χ1n) is 11.3. The van der Waals surface area contributed by atoms with Crippen LogP contribution in [0.25, 0.3) is 0 Å². The van der Waals surface area contributed by atoms with E-state index in [9.17, 15) is 19.2 Å². The van der Waals surface area contributed by atoms with Gasteiger partial charge in [0.2, 0.25) is 5.91 Å². The molecular weight excluding hydrogens is 494 g/mol. The summed E-state index contributed by atoms with van der Waals surface area (Å²) in [4.78, 5) is 63.8. The average Bonchev–Trinajstić information content (AvgIpc) is 3.52.